The van der Waals surface area contributed by atoms with Crippen LogP contribution in [0.5, 0.6) is 0 Å². The quantitative estimate of drug-likeness (QED) is 0.595. The zero-order valence-electron chi connectivity index (χ0n) is 11.4. The summed E-state index contributed by atoms with van der Waals surface area (Å²) < 4.78 is 0. The summed E-state index contributed by atoms with van der Waals surface area (Å²) in [6, 6.07) is 4.63. The van der Waals surface area contributed by atoms with Crippen LogP contribution >= 0.6 is 23.6 Å². The molecular formula is C13H23N3S2. The lowest BCUT2D eigenvalue weighted by atomic mass is 10.2. The van der Waals surface area contributed by atoms with E-state index in [2.05, 4.69) is 54.1 Å². The third kappa shape index (κ3) is 5.33. The van der Waals surface area contributed by atoms with Crippen LogP contribution in [-0.2, 0) is 0 Å². The zero-order valence-corrected chi connectivity index (χ0v) is 13.0. The zero-order chi connectivity index (χ0) is 13.4. The van der Waals surface area contributed by atoms with Crippen molar-refractivity contribution in [2.24, 2.45) is 0 Å². The van der Waals surface area contributed by atoms with Crippen LogP contribution in [0.15, 0.2) is 17.5 Å². The van der Waals surface area contributed by atoms with E-state index < -0.39 is 0 Å². The molecule has 0 saturated heterocycles. The van der Waals surface area contributed by atoms with Gasteiger partial charge in [0.05, 0.1) is 6.04 Å². The molecule has 5 heteroatoms. The number of thiophene rings is 1. The van der Waals surface area contributed by atoms with Crippen molar-refractivity contribution in [3.63, 3.8) is 0 Å². The fourth-order valence-corrected chi connectivity index (χ4v) is 2.76. The van der Waals surface area contributed by atoms with Crippen LogP contribution in [-0.4, -0.2) is 37.2 Å². The molecular weight excluding hydrogens is 262 g/mol. The van der Waals surface area contributed by atoms with Crippen molar-refractivity contribution in [1.29, 1.82) is 0 Å². The maximum absolute atomic E-state index is 5.26. The van der Waals surface area contributed by atoms with Gasteiger partial charge in [-0.05, 0) is 44.2 Å². The van der Waals surface area contributed by atoms with Crippen LogP contribution in [0.3, 0.4) is 0 Å². The smallest absolute Gasteiger partial charge is 0.166 e. The summed E-state index contributed by atoms with van der Waals surface area (Å²) in [4.78, 5) is 3.58. The van der Waals surface area contributed by atoms with E-state index in [1.165, 1.54) is 11.3 Å². The van der Waals surface area contributed by atoms with Crippen LogP contribution < -0.4 is 10.6 Å². The first-order valence-electron chi connectivity index (χ1n) is 6.36. The molecule has 102 valence electrons. The number of thiocarbonyl (C=S) groups is 1. The Labute approximate surface area is 120 Å². The van der Waals surface area contributed by atoms with Crippen molar-refractivity contribution in [2.45, 2.75) is 25.8 Å². The van der Waals surface area contributed by atoms with E-state index in [1.54, 1.807) is 11.3 Å². The lowest BCUT2D eigenvalue weighted by molar-refractivity contribution is 0.303. The van der Waals surface area contributed by atoms with Crippen molar-refractivity contribution in [3.05, 3.63) is 22.4 Å². The number of rotatable bonds is 7. The van der Waals surface area contributed by atoms with Gasteiger partial charge in [0.25, 0.3) is 0 Å². The fourth-order valence-electron chi connectivity index (χ4n) is 1.65. The molecule has 0 aromatic carbocycles. The summed E-state index contributed by atoms with van der Waals surface area (Å²) in [5.74, 6) is 0. The molecule has 0 unspecified atom stereocenters. The predicted octanol–water partition coefficient (Wildman–Crippen LogP) is 2.62. The second-order valence-corrected chi connectivity index (χ2v) is 5.87. The van der Waals surface area contributed by atoms with Crippen molar-refractivity contribution >= 4 is 28.7 Å². The minimum Gasteiger partial charge on any atom is -0.363 e. The van der Waals surface area contributed by atoms with Gasteiger partial charge in [0, 0.05) is 18.0 Å². The summed E-state index contributed by atoms with van der Waals surface area (Å²) >= 11 is 7.05. The van der Waals surface area contributed by atoms with Gasteiger partial charge in [-0.2, -0.15) is 0 Å². The molecule has 0 aliphatic rings. The highest BCUT2D eigenvalue weighted by Gasteiger charge is 2.14. The van der Waals surface area contributed by atoms with Gasteiger partial charge in [0.1, 0.15) is 0 Å². The fraction of sp³-hybridized carbons (Fsp3) is 0.615. The van der Waals surface area contributed by atoms with E-state index in [-0.39, 0.29) is 0 Å². The van der Waals surface area contributed by atoms with Crippen molar-refractivity contribution in [2.75, 3.05) is 27.2 Å². The van der Waals surface area contributed by atoms with E-state index in [1.807, 2.05) is 0 Å². The minimum atomic E-state index is 0.371. The number of unbranched alkanes of at least 4 members (excludes halogenated alkanes) is 1. The summed E-state index contributed by atoms with van der Waals surface area (Å²) in [6.07, 6.45) is 2.34. The first-order chi connectivity index (χ1) is 8.65. The molecule has 1 atom stereocenters. The average molecular weight is 285 g/mol. The summed E-state index contributed by atoms with van der Waals surface area (Å²) in [6.45, 7) is 3.97. The van der Waals surface area contributed by atoms with Crippen LogP contribution in [0.1, 0.15) is 30.7 Å². The van der Waals surface area contributed by atoms with Crippen molar-refractivity contribution < 1.29 is 0 Å². The van der Waals surface area contributed by atoms with E-state index in [0.29, 0.717) is 6.04 Å². The third-order valence-electron chi connectivity index (χ3n) is 2.77. The van der Waals surface area contributed by atoms with Crippen LogP contribution in [0.2, 0.25) is 0 Å². The number of nitrogens with one attached hydrogen (secondary N) is 2. The molecule has 0 amide bonds. The number of hydrogen-bond donors (Lipinski definition) is 2. The van der Waals surface area contributed by atoms with Gasteiger partial charge in [0.2, 0.25) is 0 Å². The summed E-state index contributed by atoms with van der Waals surface area (Å²) in [5, 5.41) is 9.40. The Kier molecular flexibility index (Phi) is 7.23. The second-order valence-electron chi connectivity index (χ2n) is 4.49. The van der Waals surface area contributed by atoms with Crippen LogP contribution in [0, 0.1) is 0 Å². The number of nitrogens with zero attached hydrogens (tertiary/aromatic N) is 1. The van der Waals surface area contributed by atoms with E-state index >= 15 is 0 Å². The monoisotopic (exact) mass is 285 g/mol. The van der Waals surface area contributed by atoms with Gasteiger partial charge in [-0.1, -0.05) is 19.4 Å². The van der Waals surface area contributed by atoms with Crippen molar-refractivity contribution in [3.8, 4) is 0 Å². The molecule has 0 fully saturated rings. The molecule has 0 aliphatic carbocycles. The van der Waals surface area contributed by atoms with E-state index in [4.69, 9.17) is 12.2 Å². The van der Waals surface area contributed by atoms with Crippen LogP contribution in [0.25, 0.3) is 0 Å². The highest BCUT2D eigenvalue weighted by Crippen LogP contribution is 2.22. The van der Waals surface area contributed by atoms with Gasteiger partial charge in [-0.3, -0.25) is 0 Å². The molecule has 1 rings (SSSR count). The molecule has 2 N–H and O–H groups in total. The lowest BCUT2D eigenvalue weighted by Gasteiger charge is -2.24. The van der Waals surface area contributed by atoms with E-state index in [0.717, 1.165) is 24.6 Å². The SMILES string of the molecule is CCCCNC(=S)NC[C@H](c1cccs1)N(C)C. The normalized spacial score (nSPS) is 12.4. The Morgan fingerprint density at radius 3 is 2.78 bits per heavy atom. The second kappa shape index (κ2) is 8.45. The first-order valence-corrected chi connectivity index (χ1v) is 7.65. The summed E-state index contributed by atoms with van der Waals surface area (Å²) in [7, 11) is 4.19. The molecule has 1 heterocycles. The maximum atomic E-state index is 5.26. The third-order valence-corrected chi connectivity index (χ3v) is 4.03. The molecule has 0 bridgehead atoms. The van der Waals surface area contributed by atoms with Gasteiger partial charge in [-0.15, -0.1) is 11.3 Å². The average Bonchev–Trinajstić information content (AvgIpc) is 2.83. The molecule has 1 aromatic rings. The van der Waals surface area contributed by atoms with Gasteiger partial charge in [-0.25, -0.2) is 0 Å². The molecule has 0 spiro atoms. The highest BCUT2D eigenvalue weighted by molar-refractivity contribution is 7.80. The topological polar surface area (TPSA) is 27.3 Å². The largest absolute Gasteiger partial charge is 0.363 e. The summed E-state index contributed by atoms with van der Waals surface area (Å²) in [5.41, 5.74) is 0. The first kappa shape index (κ1) is 15.4. The standard InChI is InChI=1S/C13H23N3S2/c1-4-5-8-14-13(17)15-10-11(16(2)3)12-7-6-9-18-12/h6-7,9,11H,4-5,8,10H2,1-3H3,(H2,14,15,17)/t11-/m1/s1. The Morgan fingerprint density at radius 2 is 2.22 bits per heavy atom. The maximum Gasteiger partial charge on any atom is 0.166 e. The molecule has 0 radical (unpaired) electrons. The van der Waals surface area contributed by atoms with Crippen LogP contribution in [0.4, 0.5) is 0 Å². The molecule has 1 aromatic heterocycles. The Bertz CT molecular complexity index is 336. The predicted molar refractivity (Wildman–Crippen MR) is 84.3 cm³/mol. The lowest BCUT2D eigenvalue weighted by Crippen LogP contribution is -2.40. The molecule has 18 heavy (non-hydrogen) atoms. The number of hydrogen-bond acceptors (Lipinski definition) is 3. The van der Waals surface area contributed by atoms with Gasteiger partial charge < -0.3 is 15.5 Å². The van der Waals surface area contributed by atoms with E-state index in [9.17, 15) is 0 Å². The van der Waals surface area contributed by atoms with Gasteiger partial charge in [0.15, 0.2) is 5.11 Å². The Hall–Kier alpha value is -0.650. The van der Waals surface area contributed by atoms with Crippen molar-refractivity contribution in [1.82, 2.24) is 15.5 Å². The molecule has 0 saturated carbocycles. The number of likely N-dealkylation sites (N-methyl/N-ethyl adjacent to an activating group) is 1. The van der Waals surface area contributed by atoms with Gasteiger partial charge >= 0.3 is 0 Å². The highest BCUT2D eigenvalue weighted by atomic mass is 32.1. The Balaban J connectivity index is 2.37. The Morgan fingerprint density at radius 1 is 1.44 bits per heavy atom. The molecule has 0 aliphatic heterocycles. The molecule has 3 nitrogen and oxygen atoms in total. The minimum absolute atomic E-state index is 0.371.